The Morgan fingerprint density at radius 2 is 1.71 bits per heavy atom. The predicted octanol–water partition coefficient (Wildman–Crippen LogP) is 4.07. The SMILES string of the molecule is CC(C)c1cc2c(c(O)c1O)C1(C)CCCC(C)(C)C1C(=O)C2=O. The van der Waals surface area contributed by atoms with Crippen LogP contribution in [0.15, 0.2) is 6.07 Å². The minimum absolute atomic E-state index is 0.0579. The largest absolute Gasteiger partial charge is 0.504 e. The molecule has 1 fully saturated rings. The normalized spacial score (nSPS) is 28.7. The lowest BCUT2D eigenvalue weighted by Gasteiger charge is -2.52. The van der Waals surface area contributed by atoms with Crippen LogP contribution in [-0.4, -0.2) is 21.8 Å². The summed E-state index contributed by atoms with van der Waals surface area (Å²) in [6.45, 7) is 9.75. The number of rotatable bonds is 1. The molecule has 1 aromatic carbocycles. The number of hydrogen-bond acceptors (Lipinski definition) is 4. The molecular formula is C20H26O4. The lowest BCUT2D eigenvalue weighted by molar-refractivity contribution is -0.128. The van der Waals surface area contributed by atoms with E-state index in [-0.39, 0.29) is 34.2 Å². The molecule has 0 heterocycles. The van der Waals surface area contributed by atoms with Crippen LogP contribution in [-0.2, 0) is 10.2 Å². The Hall–Kier alpha value is -1.84. The smallest absolute Gasteiger partial charge is 0.229 e. The second kappa shape index (κ2) is 5.08. The number of hydrogen-bond donors (Lipinski definition) is 2. The third-order valence-corrected chi connectivity index (χ3v) is 6.16. The van der Waals surface area contributed by atoms with E-state index in [1.165, 1.54) is 0 Å². The van der Waals surface area contributed by atoms with E-state index < -0.39 is 17.1 Å². The second-order valence-electron chi connectivity index (χ2n) is 8.63. The fraction of sp³-hybridized carbons (Fsp3) is 0.600. The molecule has 0 radical (unpaired) electrons. The quantitative estimate of drug-likeness (QED) is 0.601. The lowest BCUT2D eigenvalue weighted by Crippen LogP contribution is -2.54. The first-order valence-electron chi connectivity index (χ1n) is 8.70. The maximum absolute atomic E-state index is 12.9. The molecule has 3 rings (SSSR count). The summed E-state index contributed by atoms with van der Waals surface area (Å²) in [6, 6.07) is 1.61. The number of phenolic OH excluding ortho intramolecular Hbond substituents is 2. The van der Waals surface area contributed by atoms with Crippen LogP contribution in [0.4, 0.5) is 0 Å². The molecule has 2 aliphatic rings. The van der Waals surface area contributed by atoms with Crippen LogP contribution in [0.2, 0.25) is 0 Å². The molecule has 1 aromatic rings. The molecule has 4 nitrogen and oxygen atoms in total. The highest BCUT2D eigenvalue weighted by molar-refractivity contribution is 6.46. The van der Waals surface area contributed by atoms with Gasteiger partial charge in [-0.05, 0) is 30.2 Å². The van der Waals surface area contributed by atoms with E-state index >= 15 is 0 Å². The van der Waals surface area contributed by atoms with E-state index in [2.05, 4.69) is 0 Å². The second-order valence-corrected chi connectivity index (χ2v) is 8.63. The van der Waals surface area contributed by atoms with Crippen LogP contribution in [0.3, 0.4) is 0 Å². The standard InChI is InChI=1S/C20H26O4/c1-10(2)11-9-12-13(16(23)14(11)21)20(5)8-6-7-19(3,4)18(20)17(24)15(12)22/h9-10,18,21,23H,6-8H2,1-5H3. The lowest BCUT2D eigenvalue weighted by atomic mass is 9.49. The third-order valence-electron chi connectivity index (χ3n) is 6.16. The van der Waals surface area contributed by atoms with Crippen LogP contribution in [0, 0.1) is 11.3 Å². The van der Waals surface area contributed by atoms with E-state index in [4.69, 9.17) is 0 Å². The number of aromatic hydroxyl groups is 2. The summed E-state index contributed by atoms with van der Waals surface area (Å²) in [5.74, 6) is -1.78. The Balaban J connectivity index is 2.36. The van der Waals surface area contributed by atoms with Gasteiger partial charge in [-0.25, -0.2) is 0 Å². The average Bonchev–Trinajstić information content (AvgIpc) is 2.46. The van der Waals surface area contributed by atoms with Gasteiger partial charge >= 0.3 is 0 Å². The zero-order valence-electron chi connectivity index (χ0n) is 15.1. The van der Waals surface area contributed by atoms with Gasteiger partial charge in [0, 0.05) is 28.0 Å². The molecule has 2 N–H and O–H groups in total. The van der Waals surface area contributed by atoms with Crippen molar-refractivity contribution in [3.05, 3.63) is 22.8 Å². The molecule has 1 saturated carbocycles. The first-order chi connectivity index (χ1) is 11.0. The van der Waals surface area contributed by atoms with Gasteiger partial charge in [0.1, 0.15) is 0 Å². The summed E-state index contributed by atoms with van der Waals surface area (Å²) >= 11 is 0. The predicted molar refractivity (Wildman–Crippen MR) is 91.7 cm³/mol. The molecule has 2 atom stereocenters. The average molecular weight is 330 g/mol. The highest BCUT2D eigenvalue weighted by atomic mass is 16.3. The van der Waals surface area contributed by atoms with Crippen molar-refractivity contribution in [3.63, 3.8) is 0 Å². The Kier molecular flexibility index (Phi) is 3.60. The van der Waals surface area contributed by atoms with Crippen LogP contribution in [0.1, 0.15) is 81.3 Å². The number of phenols is 2. The molecule has 4 heteroatoms. The van der Waals surface area contributed by atoms with E-state index in [1.807, 2.05) is 34.6 Å². The monoisotopic (exact) mass is 330 g/mol. The minimum Gasteiger partial charge on any atom is -0.504 e. The van der Waals surface area contributed by atoms with Crippen LogP contribution in [0.5, 0.6) is 11.5 Å². The van der Waals surface area contributed by atoms with Gasteiger partial charge in [0.15, 0.2) is 11.5 Å². The van der Waals surface area contributed by atoms with Crippen molar-refractivity contribution >= 4 is 11.6 Å². The number of Topliss-reactive ketones (excluding diaryl/α,β-unsaturated/α-hetero) is 2. The molecular weight excluding hydrogens is 304 g/mol. The summed E-state index contributed by atoms with van der Waals surface area (Å²) in [4.78, 5) is 25.7. The van der Waals surface area contributed by atoms with Crippen LogP contribution in [0.25, 0.3) is 0 Å². The third kappa shape index (κ3) is 2.04. The number of ketones is 2. The highest BCUT2D eigenvalue weighted by Gasteiger charge is 2.58. The molecule has 0 spiro atoms. The number of carbonyl (C=O) groups excluding carboxylic acids is 2. The fourth-order valence-electron chi connectivity index (χ4n) is 5.12. The summed E-state index contributed by atoms with van der Waals surface area (Å²) in [7, 11) is 0. The summed E-state index contributed by atoms with van der Waals surface area (Å²) in [5, 5.41) is 21.2. The van der Waals surface area contributed by atoms with Gasteiger partial charge in [-0.1, -0.05) is 41.0 Å². The molecule has 0 amide bonds. The molecule has 130 valence electrons. The zero-order valence-corrected chi connectivity index (χ0v) is 15.1. The highest BCUT2D eigenvalue weighted by Crippen LogP contribution is 2.59. The van der Waals surface area contributed by atoms with E-state index in [9.17, 15) is 19.8 Å². The number of benzene rings is 1. The van der Waals surface area contributed by atoms with Crippen molar-refractivity contribution < 1.29 is 19.8 Å². The van der Waals surface area contributed by atoms with Gasteiger partial charge < -0.3 is 10.2 Å². The molecule has 0 saturated heterocycles. The molecule has 0 bridgehead atoms. The van der Waals surface area contributed by atoms with Crippen molar-refractivity contribution in [2.75, 3.05) is 0 Å². The summed E-state index contributed by atoms with van der Waals surface area (Å²) < 4.78 is 0. The number of fused-ring (bicyclic) bond motifs is 3. The molecule has 2 unspecified atom stereocenters. The van der Waals surface area contributed by atoms with E-state index in [0.29, 0.717) is 11.1 Å². The van der Waals surface area contributed by atoms with Crippen molar-refractivity contribution in [2.24, 2.45) is 11.3 Å². The van der Waals surface area contributed by atoms with Crippen molar-refractivity contribution in [3.8, 4) is 11.5 Å². The summed E-state index contributed by atoms with van der Waals surface area (Å²) in [5.41, 5.74) is 0.307. The van der Waals surface area contributed by atoms with E-state index in [1.54, 1.807) is 6.07 Å². The Labute approximate surface area is 142 Å². The zero-order chi connectivity index (χ0) is 18.0. The topological polar surface area (TPSA) is 74.6 Å². The van der Waals surface area contributed by atoms with Gasteiger partial charge in [-0.3, -0.25) is 9.59 Å². The van der Waals surface area contributed by atoms with Gasteiger partial charge in [0.05, 0.1) is 0 Å². The maximum atomic E-state index is 12.9. The molecule has 2 aliphatic carbocycles. The van der Waals surface area contributed by atoms with Crippen molar-refractivity contribution in [1.82, 2.24) is 0 Å². The van der Waals surface area contributed by atoms with Gasteiger partial charge in [-0.2, -0.15) is 0 Å². The Morgan fingerprint density at radius 1 is 1.08 bits per heavy atom. The Bertz CT molecular complexity index is 744. The minimum atomic E-state index is -0.626. The first kappa shape index (κ1) is 17.0. The fourth-order valence-corrected chi connectivity index (χ4v) is 5.12. The van der Waals surface area contributed by atoms with Crippen molar-refractivity contribution in [1.29, 1.82) is 0 Å². The van der Waals surface area contributed by atoms with Crippen LogP contribution < -0.4 is 0 Å². The van der Waals surface area contributed by atoms with Gasteiger partial charge in [-0.15, -0.1) is 0 Å². The first-order valence-corrected chi connectivity index (χ1v) is 8.70. The Morgan fingerprint density at radius 3 is 2.29 bits per heavy atom. The van der Waals surface area contributed by atoms with Gasteiger partial charge in [0.2, 0.25) is 11.6 Å². The van der Waals surface area contributed by atoms with Crippen molar-refractivity contribution in [2.45, 2.75) is 65.2 Å². The van der Waals surface area contributed by atoms with Crippen LogP contribution >= 0.6 is 0 Å². The number of carbonyl (C=O) groups is 2. The molecule has 24 heavy (non-hydrogen) atoms. The van der Waals surface area contributed by atoms with E-state index in [0.717, 1.165) is 19.3 Å². The maximum Gasteiger partial charge on any atom is 0.229 e. The van der Waals surface area contributed by atoms with Gasteiger partial charge in [0.25, 0.3) is 0 Å². The molecule has 0 aliphatic heterocycles. The molecule has 0 aromatic heterocycles. The summed E-state index contributed by atoms with van der Waals surface area (Å²) in [6.07, 6.45) is 2.52.